The molecular weight excluding hydrogens is 352 g/mol. The van der Waals surface area contributed by atoms with Crippen molar-refractivity contribution in [2.24, 2.45) is 4.99 Å². The molecule has 26 heavy (non-hydrogen) atoms. The molecule has 3 aromatic rings. The van der Waals surface area contributed by atoms with Crippen molar-refractivity contribution in [3.05, 3.63) is 46.8 Å². The number of ether oxygens (including phenoxy) is 3. The molecule has 0 aliphatic heterocycles. The molecule has 2 aromatic carbocycles. The first-order chi connectivity index (χ1) is 12.6. The molecule has 7 heteroatoms. The SMILES string of the molecule is CCn1c(=NC(=O)c2ccccc2OC)sc2cc(OC)c(OC)cc21. The average molecular weight is 372 g/mol. The highest BCUT2D eigenvalue weighted by Crippen LogP contribution is 2.33. The zero-order valence-corrected chi connectivity index (χ0v) is 15.9. The van der Waals surface area contributed by atoms with E-state index in [0.29, 0.717) is 34.2 Å². The second-order valence-electron chi connectivity index (χ2n) is 5.42. The standard InChI is InChI=1S/C19H20N2O4S/c1-5-21-13-10-15(24-3)16(25-4)11-17(13)26-19(21)20-18(22)12-8-6-7-9-14(12)23-2/h6-11H,5H2,1-4H3. The van der Waals surface area contributed by atoms with E-state index in [4.69, 9.17) is 14.2 Å². The minimum atomic E-state index is -0.338. The fraction of sp³-hybridized carbons (Fsp3) is 0.263. The third kappa shape index (κ3) is 3.17. The minimum Gasteiger partial charge on any atom is -0.496 e. The van der Waals surface area contributed by atoms with Crippen molar-refractivity contribution in [1.29, 1.82) is 0 Å². The van der Waals surface area contributed by atoms with Crippen molar-refractivity contribution in [2.45, 2.75) is 13.5 Å². The zero-order valence-electron chi connectivity index (χ0n) is 15.1. The molecule has 0 saturated carbocycles. The quantitative estimate of drug-likeness (QED) is 0.688. The van der Waals surface area contributed by atoms with E-state index in [1.54, 1.807) is 32.4 Å². The highest BCUT2D eigenvalue weighted by molar-refractivity contribution is 7.16. The Bertz CT molecular complexity index is 1020. The molecule has 0 saturated heterocycles. The third-order valence-electron chi connectivity index (χ3n) is 4.04. The summed E-state index contributed by atoms with van der Waals surface area (Å²) in [4.78, 5) is 17.6. The Morgan fingerprint density at radius 2 is 1.69 bits per heavy atom. The molecule has 0 spiro atoms. The van der Waals surface area contributed by atoms with Crippen molar-refractivity contribution in [3.63, 3.8) is 0 Å². The molecule has 1 heterocycles. The number of nitrogens with zero attached hydrogens (tertiary/aromatic N) is 2. The van der Waals surface area contributed by atoms with E-state index in [0.717, 1.165) is 10.2 Å². The number of rotatable bonds is 5. The molecule has 0 bridgehead atoms. The molecule has 1 amide bonds. The van der Waals surface area contributed by atoms with Gasteiger partial charge >= 0.3 is 0 Å². The van der Waals surface area contributed by atoms with E-state index >= 15 is 0 Å². The molecule has 0 atom stereocenters. The van der Waals surface area contributed by atoms with Crippen LogP contribution in [-0.4, -0.2) is 31.8 Å². The molecule has 6 nitrogen and oxygen atoms in total. The van der Waals surface area contributed by atoms with Crippen molar-refractivity contribution in [3.8, 4) is 17.2 Å². The number of para-hydroxylation sites is 1. The number of fused-ring (bicyclic) bond motifs is 1. The topological polar surface area (TPSA) is 62.1 Å². The highest BCUT2D eigenvalue weighted by Gasteiger charge is 2.14. The number of hydrogen-bond donors (Lipinski definition) is 0. The largest absolute Gasteiger partial charge is 0.496 e. The maximum absolute atomic E-state index is 12.7. The van der Waals surface area contributed by atoms with Gasteiger partial charge in [-0.1, -0.05) is 23.5 Å². The molecule has 136 valence electrons. The summed E-state index contributed by atoms with van der Waals surface area (Å²) in [5.74, 6) is 1.46. The fourth-order valence-corrected chi connectivity index (χ4v) is 3.86. The normalized spacial score (nSPS) is 11.6. The van der Waals surface area contributed by atoms with Gasteiger partial charge in [0.15, 0.2) is 16.3 Å². The Labute approximate surface area is 155 Å². The van der Waals surface area contributed by atoms with Crippen LogP contribution in [0.2, 0.25) is 0 Å². The second-order valence-corrected chi connectivity index (χ2v) is 6.43. The minimum absolute atomic E-state index is 0.338. The number of amides is 1. The zero-order chi connectivity index (χ0) is 18.7. The van der Waals surface area contributed by atoms with Gasteiger partial charge in [0.2, 0.25) is 0 Å². The lowest BCUT2D eigenvalue weighted by atomic mass is 10.2. The van der Waals surface area contributed by atoms with Gasteiger partial charge in [-0.15, -0.1) is 0 Å². The molecule has 0 N–H and O–H groups in total. The number of hydrogen-bond acceptors (Lipinski definition) is 5. The van der Waals surface area contributed by atoms with Crippen LogP contribution in [-0.2, 0) is 6.54 Å². The summed E-state index contributed by atoms with van der Waals surface area (Å²) in [6, 6.07) is 10.9. The van der Waals surface area contributed by atoms with E-state index in [1.807, 2.05) is 29.7 Å². The van der Waals surface area contributed by atoms with Crippen LogP contribution in [0.5, 0.6) is 17.2 Å². The molecule has 0 fully saturated rings. The Hall–Kier alpha value is -2.80. The van der Waals surface area contributed by atoms with E-state index in [9.17, 15) is 4.79 Å². The predicted octanol–water partition coefficient (Wildman–Crippen LogP) is 3.49. The first kappa shape index (κ1) is 18.0. The van der Waals surface area contributed by atoms with Crippen LogP contribution in [0.1, 0.15) is 17.3 Å². The number of methoxy groups -OCH3 is 3. The van der Waals surface area contributed by atoms with Crippen LogP contribution < -0.4 is 19.0 Å². The van der Waals surface area contributed by atoms with Gasteiger partial charge in [0, 0.05) is 18.7 Å². The van der Waals surface area contributed by atoms with Crippen molar-refractivity contribution in [1.82, 2.24) is 4.57 Å². The van der Waals surface area contributed by atoms with E-state index in [-0.39, 0.29) is 5.91 Å². The number of carbonyl (C=O) groups excluding carboxylic acids is 1. The molecule has 0 radical (unpaired) electrons. The fourth-order valence-electron chi connectivity index (χ4n) is 2.76. The summed E-state index contributed by atoms with van der Waals surface area (Å²) in [6.45, 7) is 2.68. The van der Waals surface area contributed by atoms with Gasteiger partial charge in [-0.3, -0.25) is 4.79 Å². The van der Waals surface area contributed by atoms with Crippen LogP contribution in [0, 0.1) is 0 Å². The number of thiazole rings is 1. The smallest absolute Gasteiger partial charge is 0.283 e. The van der Waals surface area contributed by atoms with Crippen molar-refractivity contribution >= 4 is 27.5 Å². The first-order valence-electron chi connectivity index (χ1n) is 8.10. The number of carbonyl (C=O) groups is 1. The molecule has 0 aliphatic carbocycles. The molecule has 3 rings (SSSR count). The van der Waals surface area contributed by atoms with Gasteiger partial charge < -0.3 is 18.8 Å². The monoisotopic (exact) mass is 372 g/mol. The predicted molar refractivity (Wildman–Crippen MR) is 101 cm³/mol. The molecule has 0 unspecified atom stereocenters. The highest BCUT2D eigenvalue weighted by atomic mass is 32.1. The van der Waals surface area contributed by atoms with Crippen molar-refractivity contribution < 1.29 is 19.0 Å². The lowest BCUT2D eigenvalue weighted by Gasteiger charge is -2.08. The third-order valence-corrected chi connectivity index (χ3v) is 5.08. The lowest BCUT2D eigenvalue weighted by molar-refractivity contribution is 0.0995. The Kier molecular flexibility index (Phi) is 5.27. The van der Waals surface area contributed by atoms with Gasteiger partial charge in [0.1, 0.15) is 5.75 Å². The van der Waals surface area contributed by atoms with Gasteiger partial charge in [0.05, 0.1) is 37.1 Å². The van der Waals surface area contributed by atoms with Crippen molar-refractivity contribution in [2.75, 3.05) is 21.3 Å². The van der Waals surface area contributed by atoms with Crippen LogP contribution in [0.3, 0.4) is 0 Å². The molecular formula is C19H20N2O4S. The van der Waals surface area contributed by atoms with Gasteiger partial charge in [-0.25, -0.2) is 0 Å². The van der Waals surface area contributed by atoms with Crippen LogP contribution in [0.25, 0.3) is 10.2 Å². The Morgan fingerprint density at radius 1 is 1.04 bits per heavy atom. The summed E-state index contributed by atoms with van der Waals surface area (Å²) in [7, 11) is 4.74. The number of aryl methyl sites for hydroxylation is 1. The number of benzene rings is 2. The van der Waals surface area contributed by atoms with E-state index in [1.165, 1.54) is 18.4 Å². The molecule has 1 aromatic heterocycles. The van der Waals surface area contributed by atoms with Gasteiger partial charge in [-0.2, -0.15) is 4.99 Å². The van der Waals surface area contributed by atoms with Crippen LogP contribution in [0.4, 0.5) is 0 Å². The van der Waals surface area contributed by atoms with Crippen LogP contribution >= 0.6 is 11.3 Å². The summed E-state index contributed by atoms with van der Waals surface area (Å²) >= 11 is 1.43. The maximum Gasteiger partial charge on any atom is 0.283 e. The van der Waals surface area contributed by atoms with E-state index < -0.39 is 0 Å². The summed E-state index contributed by atoms with van der Waals surface area (Å²) < 4.78 is 19.0. The number of aromatic nitrogens is 1. The van der Waals surface area contributed by atoms with Gasteiger partial charge in [0.25, 0.3) is 5.91 Å². The summed E-state index contributed by atoms with van der Waals surface area (Å²) in [5, 5.41) is 0. The Balaban J connectivity index is 2.18. The first-order valence-corrected chi connectivity index (χ1v) is 8.92. The average Bonchev–Trinajstić information content (AvgIpc) is 3.02. The summed E-state index contributed by atoms with van der Waals surface area (Å²) in [5.41, 5.74) is 1.38. The summed E-state index contributed by atoms with van der Waals surface area (Å²) in [6.07, 6.45) is 0. The molecule has 0 aliphatic rings. The van der Waals surface area contributed by atoms with E-state index in [2.05, 4.69) is 4.99 Å². The second kappa shape index (κ2) is 7.61. The van der Waals surface area contributed by atoms with Gasteiger partial charge in [-0.05, 0) is 19.1 Å². The maximum atomic E-state index is 12.7. The lowest BCUT2D eigenvalue weighted by Crippen LogP contribution is -2.16. The van der Waals surface area contributed by atoms with Crippen LogP contribution in [0.15, 0.2) is 41.4 Å². The Morgan fingerprint density at radius 3 is 2.35 bits per heavy atom.